The molecule has 1 heterocycles. The first-order valence-corrected chi connectivity index (χ1v) is 9.95. The van der Waals surface area contributed by atoms with Gasteiger partial charge in [-0.1, -0.05) is 76.6 Å². The minimum Gasteiger partial charge on any atom is -0.370 e. The number of alkyl halides is 1. The number of hydrogen-bond donors (Lipinski definition) is 0. The molecule has 4 atom stereocenters. The Balaban J connectivity index is 1.67. The fourth-order valence-corrected chi connectivity index (χ4v) is 3.83. The lowest BCUT2D eigenvalue weighted by Crippen LogP contribution is -2.52. The van der Waals surface area contributed by atoms with Crippen LogP contribution in [0.4, 0.5) is 0 Å². The van der Waals surface area contributed by atoms with E-state index in [1.165, 1.54) is 0 Å². The molecule has 0 N–H and O–H groups in total. The lowest BCUT2D eigenvalue weighted by molar-refractivity contribution is -0.257. The summed E-state index contributed by atoms with van der Waals surface area (Å²) in [4.78, 5) is 0. The van der Waals surface area contributed by atoms with Crippen LogP contribution in [0.2, 0.25) is 0 Å². The molecule has 26 heavy (non-hydrogen) atoms. The topological polar surface area (TPSA) is 36.9 Å². The Morgan fingerprint density at radius 3 is 2.04 bits per heavy atom. The molecule has 1 fully saturated rings. The highest BCUT2D eigenvalue weighted by molar-refractivity contribution is 9.09. The monoisotopic (exact) mass is 420 g/mol. The Bertz CT molecular complexity index is 637. The van der Waals surface area contributed by atoms with E-state index in [0.29, 0.717) is 19.8 Å². The lowest BCUT2D eigenvalue weighted by atomic mass is 9.96. The summed E-state index contributed by atoms with van der Waals surface area (Å²) in [5.74, 6) is 0.0539. The van der Waals surface area contributed by atoms with Gasteiger partial charge in [0, 0.05) is 18.4 Å². The predicted octanol–water partition coefficient (Wildman–Crippen LogP) is 4.17. The first kappa shape index (κ1) is 19.5. The van der Waals surface area contributed by atoms with Crippen LogP contribution >= 0.6 is 15.9 Å². The van der Waals surface area contributed by atoms with Crippen LogP contribution in [0.3, 0.4) is 0 Å². The largest absolute Gasteiger partial charge is 0.370 e. The lowest BCUT2D eigenvalue weighted by Gasteiger charge is -2.41. The summed E-state index contributed by atoms with van der Waals surface area (Å²) < 4.78 is 23.8. The molecule has 0 aromatic heterocycles. The molecule has 2 aromatic carbocycles. The molecule has 1 aliphatic heterocycles. The predicted molar refractivity (Wildman–Crippen MR) is 104 cm³/mol. The maximum atomic E-state index is 6.29. The zero-order valence-corrected chi connectivity index (χ0v) is 16.5. The molecule has 0 bridgehead atoms. The highest BCUT2D eigenvalue weighted by Crippen LogP contribution is 2.29. The number of hydrogen-bond acceptors (Lipinski definition) is 4. The van der Waals surface area contributed by atoms with Gasteiger partial charge in [0.25, 0.3) is 0 Å². The van der Waals surface area contributed by atoms with Gasteiger partial charge in [-0.25, -0.2) is 0 Å². The second-order valence-electron chi connectivity index (χ2n) is 6.35. The molecular weight excluding hydrogens is 396 g/mol. The molecule has 0 radical (unpaired) electrons. The number of halogens is 1. The molecule has 0 aliphatic carbocycles. The van der Waals surface area contributed by atoms with Crippen molar-refractivity contribution in [3.63, 3.8) is 0 Å². The number of methoxy groups -OCH3 is 1. The molecule has 1 saturated heterocycles. The standard InChI is InChI=1S/C21H25BrO4/c1-23-21-18(12-22)20(25-14-17-10-6-3-7-11-17)19(15-26-21)24-13-16-8-4-2-5-9-16/h2-11,18-21H,12-15H2,1H3/t18-,19-,20-,21-/m1/s1. The van der Waals surface area contributed by atoms with Gasteiger partial charge in [0.15, 0.2) is 6.29 Å². The van der Waals surface area contributed by atoms with E-state index in [1.807, 2.05) is 36.4 Å². The molecule has 0 saturated carbocycles. The molecule has 0 amide bonds. The van der Waals surface area contributed by atoms with Gasteiger partial charge < -0.3 is 18.9 Å². The van der Waals surface area contributed by atoms with Gasteiger partial charge >= 0.3 is 0 Å². The third-order valence-electron chi connectivity index (χ3n) is 4.57. The molecule has 5 heteroatoms. The van der Waals surface area contributed by atoms with E-state index in [0.717, 1.165) is 16.5 Å². The Kier molecular flexibility index (Phi) is 7.65. The zero-order chi connectivity index (χ0) is 18.2. The normalized spacial score (nSPS) is 25.9. The van der Waals surface area contributed by atoms with Crippen molar-refractivity contribution in [2.75, 3.05) is 19.0 Å². The summed E-state index contributed by atoms with van der Waals surface area (Å²) in [6.45, 7) is 1.53. The minimum absolute atomic E-state index is 0.0539. The molecule has 0 unspecified atom stereocenters. The van der Waals surface area contributed by atoms with Gasteiger partial charge in [0.2, 0.25) is 0 Å². The third kappa shape index (κ3) is 5.15. The van der Waals surface area contributed by atoms with Crippen molar-refractivity contribution in [1.82, 2.24) is 0 Å². The second-order valence-corrected chi connectivity index (χ2v) is 7.00. The van der Waals surface area contributed by atoms with Crippen LogP contribution in [0, 0.1) is 5.92 Å². The van der Waals surface area contributed by atoms with Crippen molar-refractivity contribution in [3.8, 4) is 0 Å². The van der Waals surface area contributed by atoms with E-state index >= 15 is 0 Å². The van der Waals surface area contributed by atoms with Crippen molar-refractivity contribution in [2.24, 2.45) is 5.92 Å². The van der Waals surface area contributed by atoms with Crippen LogP contribution in [0.15, 0.2) is 60.7 Å². The van der Waals surface area contributed by atoms with Gasteiger partial charge in [0.05, 0.1) is 25.9 Å². The van der Waals surface area contributed by atoms with E-state index in [1.54, 1.807) is 7.11 Å². The average Bonchev–Trinajstić information content (AvgIpc) is 2.71. The summed E-state index contributed by atoms with van der Waals surface area (Å²) in [5, 5.41) is 0.718. The fourth-order valence-electron chi connectivity index (χ4n) is 3.16. The summed E-state index contributed by atoms with van der Waals surface area (Å²) in [6, 6.07) is 20.3. The van der Waals surface area contributed by atoms with Gasteiger partial charge in [-0.15, -0.1) is 0 Å². The third-order valence-corrected chi connectivity index (χ3v) is 5.31. The first-order valence-electron chi connectivity index (χ1n) is 8.83. The zero-order valence-electron chi connectivity index (χ0n) is 14.9. The van der Waals surface area contributed by atoms with Crippen LogP contribution in [-0.2, 0) is 32.2 Å². The summed E-state index contributed by atoms with van der Waals surface area (Å²) >= 11 is 3.59. The molecular formula is C21H25BrO4. The molecule has 3 rings (SSSR count). The van der Waals surface area contributed by atoms with Crippen molar-refractivity contribution in [2.45, 2.75) is 31.7 Å². The van der Waals surface area contributed by atoms with Gasteiger partial charge in [-0.2, -0.15) is 0 Å². The van der Waals surface area contributed by atoms with Gasteiger partial charge in [-0.05, 0) is 11.1 Å². The molecule has 4 nitrogen and oxygen atoms in total. The summed E-state index contributed by atoms with van der Waals surface area (Å²) in [6.07, 6.45) is -0.559. The van der Waals surface area contributed by atoms with Crippen LogP contribution in [0.5, 0.6) is 0 Å². The smallest absolute Gasteiger partial charge is 0.163 e. The van der Waals surface area contributed by atoms with E-state index in [-0.39, 0.29) is 24.4 Å². The fraction of sp³-hybridized carbons (Fsp3) is 0.429. The highest BCUT2D eigenvalue weighted by atomic mass is 79.9. The first-order chi connectivity index (χ1) is 12.8. The van der Waals surface area contributed by atoms with Crippen LogP contribution in [0.1, 0.15) is 11.1 Å². The van der Waals surface area contributed by atoms with Crippen LogP contribution in [0.25, 0.3) is 0 Å². The summed E-state index contributed by atoms with van der Waals surface area (Å²) in [5.41, 5.74) is 2.28. The average molecular weight is 421 g/mol. The van der Waals surface area contributed by atoms with Crippen LogP contribution in [-0.4, -0.2) is 37.5 Å². The van der Waals surface area contributed by atoms with Gasteiger partial charge in [0.1, 0.15) is 6.10 Å². The molecule has 0 spiro atoms. The Labute approximate surface area is 163 Å². The summed E-state index contributed by atoms with van der Waals surface area (Å²) in [7, 11) is 1.67. The van der Waals surface area contributed by atoms with E-state index in [9.17, 15) is 0 Å². The number of rotatable bonds is 8. The minimum atomic E-state index is -0.299. The van der Waals surface area contributed by atoms with Gasteiger partial charge in [-0.3, -0.25) is 0 Å². The molecule has 2 aromatic rings. The van der Waals surface area contributed by atoms with E-state index in [2.05, 4.69) is 40.2 Å². The van der Waals surface area contributed by atoms with Crippen molar-refractivity contribution in [3.05, 3.63) is 71.8 Å². The maximum absolute atomic E-state index is 6.29. The second kappa shape index (κ2) is 10.2. The molecule has 140 valence electrons. The quantitative estimate of drug-likeness (QED) is 0.600. The molecule has 1 aliphatic rings. The Morgan fingerprint density at radius 2 is 1.50 bits per heavy atom. The van der Waals surface area contributed by atoms with E-state index in [4.69, 9.17) is 18.9 Å². The van der Waals surface area contributed by atoms with Crippen molar-refractivity contribution < 1.29 is 18.9 Å². The van der Waals surface area contributed by atoms with E-state index < -0.39 is 0 Å². The van der Waals surface area contributed by atoms with Crippen molar-refractivity contribution in [1.29, 1.82) is 0 Å². The maximum Gasteiger partial charge on any atom is 0.163 e. The Hall–Kier alpha value is -1.24. The van der Waals surface area contributed by atoms with Crippen molar-refractivity contribution >= 4 is 15.9 Å². The number of ether oxygens (including phenoxy) is 4. The Morgan fingerprint density at radius 1 is 0.923 bits per heavy atom. The number of benzene rings is 2. The highest BCUT2D eigenvalue weighted by Gasteiger charge is 2.41. The van der Waals surface area contributed by atoms with Crippen LogP contribution < -0.4 is 0 Å². The SMILES string of the molecule is CO[C@@H]1OC[C@@H](OCc2ccccc2)[C@H](OCc2ccccc2)[C@H]1CBr.